The SMILES string of the molecule is CCCCN(C)C(=O)C1CCN(Cn2nc(N(C(C)=O)C3CC3)sc2=S)CC1. The summed E-state index contributed by atoms with van der Waals surface area (Å²) >= 11 is 6.90. The fourth-order valence-electron chi connectivity index (χ4n) is 3.69. The van der Waals surface area contributed by atoms with E-state index in [0.717, 1.165) is 58.2 Å². The maximum Gasteiger partial charge on any atom is 0.225 e. The second-order valence-electron chi connectivity index (χ2n) is 7.92. The van der Waals surface area contributed by atoms with Crippen molar-refractivity contribution in [2.45, 2.75) is 65.1 Å². The van der Waals surface area contributed by atoms with Crippen LogP contribution in [0, 0.1) is 9.87 Å². The molecule has 2 fully saturated rings. The van der Waals surface area contributed by atoms with E-state index in [-0.39, 0.29) is 23.8 Å². The van der Waals surface area contributed by atoms with Crippen LogP contribution in [-0.4, -0.2) is 64.1 Å². The first kappa shape index (κ1) is 21.4. The molecule has 1 aliphatic carbocycles. The maximum atomic E-state index is 12.6. The zero-order valence-corrected chi connectivity index (χ0v) is 18.7. The third kappa shape index (κ3) is 5.18. The van der Waals surface area contributed by atoms with Crippen molar-refractivity contribution >= 4 is 40.5 Å². The Morgan fingerprint density at radius 2 is 1.93 bits per heavy atom. The van der Waals surface area contributed by atoms with Crippen LogP contribution in [0.5, 0.6) is 0 Å². The van der Waals surface area contributed by atoms with Gasteiger partial charge in [0.25, 0.3) is 0 Å². The topological polar surface area (TPSA) is 61.7 Å². The summed E-state index contributed by atoms with van der Waals surface area (Å²) in [4.78, 5) is 30.5. The Morgan fingerprint density at radius 3 is 2.50 bits per heavy atom. The van der Waals surface area contributed by atoms with Crippen molar-refractivity contribution in [2.75, 3.05) is 31.6 Å². The number of nitrogens with zero attached hydrogens (tertiary/aromatic N) is 5. The van der Waals surface area contributed by atoms with Gasteiger partial charge in [-0.1, -0.05) is 24.7 Å². The van der Waals surface area contributed by atoms with E-state index < -0.39 is 0 Å². The lowest BCUT2D eigenvalue weighted by Crippen LogP contribution is -2.42. The molecule has 0 radical (unpaired) electrons. The Bertz CT molecular complexity index is 750. The van der Waals surface area contributed by atoms with Crippen LogP contribution in [-0.2, 0) is 16.3 Å². The lowest BCUT2D eigenvalue weighted by Gasteiger charge is -2.33. The van der Waals surface area contributed by atoms with Crippen molar-refractivity contribution in [1.29, 1.82) is 0 Å². The number of hydrogen-bond donors (Lipinski definition) is 0. The predicted octanol–water partition coefficient (Wildman–Crippen LogP) is 3.12. The maximum absolute atomic E-state index is 12.6. The lowest BCUT2D eigenvalue weighted by atomic mass is 9.95. The molecule has 0 aromatic carbocycles. The number of anilines is 1. The number of rotatable bonds is 8. The van der Waals surface area contributed by atoms with Crippen LogP contribution in [0.2, 0.25) is 0 Å². The number of likely N-dealkylation sites (tertiary alicyclic amines) is 1. The van der Waals surface area contributed by atoms with Crippen molar-refractivity contribution in [3.05, 3.63) is 3.95 Å². The first-order chi connectivity index (χ1) is 13.4. The van der Waals surface area contributed by atoms with E-state index in [0.29, 0.717) is 15.8 Å². The molecule has 0 spiro atoms. The predicted molar refractivity (Wildman–Crippen MR) is 114 cm³/mol. The van der Waals surface area contributed by atoms with Crippen LogP contribution in [0.15, 0.2) is 0 Å². The number of hydrogen-bond acceptors (Lipinski definition) is 6. The van der Waals surface area contributed by atoms with Crippen LogP contribution < -0.4 is 4.90 Å². The van der Waals surface area contributed by atoms with Gasteiger partial charge in [0, 0.05) is 45.6 Å². The summed E-state index contributed by atoms with van der Waals surface area (Å²) in [6, 6.07) is 0.290. The zero-order valence-electron chi connectivity index (χ0n) is 17.1. The Balaban J connectivity index is 1.54. The average Bonchev–Trinajstić information content (AvgIpc) is 3.43. The Labute approximate surface area is 176 Å². The van der Waals surface area contributed by atoms with Crippen molar-refractivity contribution < 1.29 is 9.59 Å². The molecule has 156 valence electrons. The molecule has 0 N–H and O–H groups in total. The Kier molecular flexibility index (Phi) is 7.22. The molecule has 1 aromatic rings. The number of amides is 2. The van der Waals surface area contributed by atoms with Crippen molar-refractivity contribution in [1.82, 2.24) is 19.6 Å². The van der Waals surface area contributed by atoms with E-state index in [2.05, 4.69) is 16.9 Å². The summed E-state index contributed by atoms with van der Waals surface area (Å²) < 4.78 is 2.52. The summed E-state index contributed by atoms with van der Waals surface area (Å²) in [5.74, 6) is 0.437. The number of piperidine rings is 1. The number of carbonyl (C=O) groups excluding carboxylic acids is 2. The summed E-state index contributed by atoms with van der Waals surface area (Å²) in [6.45, 7) is 6.94. The van der Waals surface area contributed by atoms with Gasteiger partial charge in [-0.25, -0.2) is 4.68 Å². The molecule has 28 heavy (non-hydrogen) atoms. The monoisotopic (exact) mass is 425 g/mol. The molecule has 0 unspecified atom stereocenters. The van der Waals surface area contributed by atoms with Gasteiger partial charge in [0.2, 0.25) is 16.9 Å². The summed E-state index contributed by atoms with van der Waals surface area (Å²) in [5.41, 5.74) is 0. The Hall–Kier alpha value is -1.32. The second-order valence-corrected chi connectivity index (χ2v) is 9.52. The lowest BCUT2D eigenvalue weighted by molar-refractivity contribution is -0.136. The van der Waals surface area contributed by atoms with Crippen LogP contribution in [0.3, 0.4) is 0 Å². The fourth-order valence-corrected chi connectivity index (χ4v) is 4.89. The fraction of sp³-hybridized carbons (Fsp3) is 0.789. The molecule has 1 aliphatic heterocycles. The quantitative estimate of drug-likeness (QED) is 0.599. The van der Waals surface area contributed by atoms with Crippen LogP contribution in [0.4, 0.5) is 5.13 Å². The Morgan fingerprint density at radius 1 is 1.25 bits per heavy atom. The first-order valence-electron chi connectivity index (χ1n) is 10.3. The molecule has 7 nitrogen and oxygen atoms in total. The summed E-state index contributed by atoms with van der Waals surface area (Å²) in [7, 11) is 1.92. The summed E-state index contributed by atoms with van der Waals surface area (Å²) in [6.07, 6.45) is 6.00. The molecule has 0 atom stereocenters. The molecule has 3 rings (SSSR count). The van der Waals surface area contributed by atoms with Crippen molar-refractivity contribution in [3.8, 4) is 0 Å². The van der Waals surface area contributed by atoms with Crippen LogP contribution in [0.25, 0.3) is 0 Å². The molecule has 1 saturated heterocycles. The molecule has 2 amide bonds. The van der Waals surface area contributed by atoms with E-state index in [9.17, 15) is 9.59 Å². The number of unbranched alkanes of at least 4 members (excludes halogenated alkanes) is 1. The van der Waals surface area contributed by atoms with Gasteiger partial charge < -0.3 is 4.90 Å². The van der Waals surface area contributed by atoms with Crippen LogP contribution in [0.1, 0.15) is 52.4 Å². The molecule has 2 aliphatic rings. The first-order valence-corrected chi connectivity index (χ1v) is 11.5. The smallest absolute Gasteiger partial charge is 0.225 e. The van der Waals surface area contributed by atoms with Gasteiger partial charge in [0.15, 0.2) is 3.95 Å². The molecular formula is C19H31N5O2S2. The minimum atomic E-state index is 0.0323. The molecule has 0 bridgehead atoms. The number of carbonyl (C=O) groups is 2. The van der Waals surface area contributed by atoms with Crippen molar-refractivity contribution in [2.24, 2.45) is 5.92 Å². The van der Waals surface area contributed by atoms with Gasteiger partial charge in [-0.3, -0.25) is 19.4 Å². The van der Waals surface area contributed by atoms with Gasteiger partial charge >= 0.3 is 0 Å². The van der Waals surface area contributed by atoms with Gasteiger partial charge in [0.05, 0.1) is 6.67 Å². The van der Waals surface area contributed by atoms with E-state index >= 15 is 0 Å². The molecule has 1 saturated carbocycles. The standard InChI is InChI=1S/C19H31N5O2S2/c1-4-5-10-21(3)17(26)15-8-11-22(12-9-15)13-23-19(27)28-18(20-23)24(14(2)25)16-6-7-16/h15-16H,4-13H2,1-3H3. The highest BCUT2D eigenvalue weighted by atomic mass is 32.1. The minimum Gasteiger partial charge on any atom is -0.346 e. The van der Waals surface area contributed by atoms with E-state index in [1.54, 1.807) is 11.8 Å². The summed E-state index contributed by atoms with van der Waals surface area (Å²) in [5, 5.41) is 5.33. The van der Waals surface area contributed by atoms with Crippen molar-refractivity contribution in [3.63, 3.8) is 0 Å². The second kappa shape index (κ2) is 9.45. The molecule has 2 heterocycles. The van der Waals surface area contributed by atoms with E-state index in [4.69, 9.17) is 12.2 Å². The largest absolute Gasteiger partial charge is 0.346 e. The number of aromatic nitrogens is 2. The van der Waals surface area contributed by atoms with Gasteiger partial charge in [0.1, 0.15) is 0 Å². The van der Waals surface area contributed by atoms with Crippen LogP contribution >= 0.6 is 23.6 Å². The molecular weight excluding hydrogens is 394 g/mol. The highest BCUT2D eigenvalue weighted by molar-refractivity contribution is 7.73. The molecule has 1 aromatic heterocycles. The van der Waals surface area contributed by atoms with Gasteiger partial charge in [-0.2, -0.15) is 0 Å². The normalized spacial score (nSPS) is 18.2. The van der Waals surface area contributed by atoms with Gasteiger partial charge in [-0.15, -0.1) is 5.10 Å². The molecule has 9 heteroatoms. The highest BCUT2D eigenvalue weighted by Crippen LogP contribution is 2.33. The average molecular weight is 426 g/mol. The third-order valence-electron chi connectivity index (χ3n) is 5.55. The highest BCUT2D eigenvalue weighted by Gasteiger charge is 2.34. The third-order valence-corrected chi connectivity index (χ3v) is 6.85. The zero-order chi connectivity index (χ0) is 20.3. The van der Waals surface area contributed by atoms with E-state index in [1.165, 1.54) is 11.3 Å². The minimum absolute atomic E-state index is 0.0323. The van der Waals surface area contributed by atoms with E-state index in [1.807, 2.05) is 16.6 Å². The van der Waals surface area contributed by atoms with Gasteiger partial charge in [-0.05, 0) is 44.3 Å².